The van der Waals surface area contributed by atoms with E-state index in [0.29, 0.717) is 12.6 Å². The van der Waals surface area contributed by atoms with Crippen LogP contribution in [0, 0.1) is 19.3 Å². The fourth-order valence-corrected chi connectivity index (χ4v) is 1.69. The second-order valence-corrected chi connectivity index (χ2v) is 5.38. The molecular weight excluding hydrogens is 272 g/mol. The lowest BCUT2D eigenvalue weighted by atomic mass is 9.90. The first kappa shape index (κ1) is 11.8. The van der Waals surface area contributed by atoms with E-state index in [9.17, 15) is 0 Å². The first-order valence-corrected chi connectivity index (χ1v) is 6.01. The molecule has 1 aromatic rings. The van der Waals surface area contributed by atoms with Crippen LogP contribution in [0.2, 0.25) is 0 Å². The number of hydrogen-bond donors (Lipinski definition) is 0. The Morgan fingerprint density at radius 2 is 1.88 bits per heavy atom. The molecule has 0 spiro atoms. The van der Waals surface area contributed by atoms with Gasteiger partial charge in [0.1, 0.15) is 6.61 Å². The first-order chi connectivity index (χ1) is 7.50. The summed E-state index contributed by atoms with van der Waals surface area (Å²) in [5.74, 6) is 0. The third-order valence-electron chi connectivity index (χ3n) is 2.61. The third kappa shape index (κ3) is 2.35. The van der Waals surface area contributed by atoms with Gasteiger partial charge >= 0.3 is 6.01 Å². The van der Waals surface area contributed by atoms with Gasteiger partial charge in [0.05, 0.1) is 29.1 Å². The summed E-state index contributed by atoms with van der Waals surface area (Å²) in [5.41, 5.74) is 1.92. The van der Waals surface area contributed by atoms with Crippen molar-refractivity contribution < 1.29 is 9.47 Å². The Bertz CT molecular complexity index is 382. The van der Waals surface area contributed by atoms with Crippen LogP contribution in [0.15, 0.2) is 4.47 Å². The van der Waals surface area contributed by atoms with Gasteiger partial charge in [0.25, 0.3) is 0 Å². The van der Waals surface area contributed by atoms with Crippen LogP contribution in [0.4, 0.5) is 0 Å². The minimum Gasteiger partial charge on any atom is -0.463 e. The van der Waals surface area contributed by atoms with Gasteiger partial charge in [-0.1, -0.05) is 6.92 Å². The second kappa shape index (κ2) is 4.30. The molecule has 16 heavy (non-hydrogen) atoms. The molecule has 0 bridgehead atoms. The Morgan fingerprint density at radius 1 is 1.31 bits per heavy atom. The van der Waals surface area contributed by atoms with E-state index in [1.54, 1.807) is 0 Å². The molecule has 4 nitrogen and oxygen atoms in total. The van der Waals surface area contributed by atoms with E-state index in [2.05, 4.69) is 32.8 Å². The zero-order valence-corrected chi connectivity index (χ0v) is 11.3. The molecule has 88 valence electrons. The van der Waals surface area contributed by atoms with E-state index < -0.39 is 0 Å². The summed E-state index contributed by atoms with van der Waals surface area (Å²) in [4.78, 5) is 8.55. The van der Waals surface area contributed by atoms with Gasteiger partial charge in [-0.05, 0) is 29.8 Å². The van der Waals surface area contributed by atoms with Crippen molar-refractivity contribution in [1.82, 2.24) is 9.97 Å². The highest BCUT2D eigenvalue weighted by Crippen LogP contribution is 2.27. The van der Waals surface area contributed by atoms with E-state index in [-0.39, 0.29) is 5.41 Å². The fraction of sp³-hybridized carbons (Fsp3) is 0.636. The maximum atomic E-state index is 5.61. The summed E-state index contributed by atoms with van der Waals surface area (Å²) in [5, 5.41) is 0. The lowest BCUT2D eigenvalue weighted by Crippen LogP contribution is -2.44. The highest BCUT2D eigenvalue weighted by molar-refractivity contribution is 9.10. The number of nitrogens with zero attached hydrogens (tertiary/aromatic N) is 2. The maximum absolute atomic E-state index is 5.61. The van der Waals surface area contributed by atoms with Gasteiger partial charge in [-0.2, -0.15) is 9.97 Å². The van der Waals surface area contributed by atoms with Gasteiger partial charge < -0.3 is 9.47 Å². The number of aryl methyl sites for hydroxylation is 2. The van der Waals surface area contributed by atoms with E-state index in [1.807, 2.05) is 13.8 Å². The summed E-state index contributed by atoms with van der Waals surface area (Å²) in [7, 11) is 0. The van der Waals surface area contributed by atoms with Crippen molar-refractivity contribution in [2.24, 2.45) is 5.41 Å². The predicted octanol–water partition coefficient (Wildman–Crippen LogP) is 2.27. The molecule has 0 aliphatic carbocycles. The van der Waals surface area contributed by atoms with Gasteiger partial charge in [0.2, 0.25) is 0 Å². The van der Waals surface area contributed by atoms with Gasteiger partial charge in [-0.15, -0.1) is 0 Å². The van der Waals surface area contributed by atoms with Crippen LogP contribution in [0.5, 0.6) is 6.01 Å². The largest absolute Gasteiger partial charge is 0.463 e. The number of hydrogen-bond acceptors (Lipinski definition) is 4. The van der Waals surface area contributed by atoms with E-state index >= 15 is 0 Å². The van der Waals surface area contributed by atoms with Crippen LogP contribution < -0.4 is 4.74 Å². The monoisotopic (exact) mass is 286 g/mol. The van der Waals surface area contributed by atoms with Crippen LogP contribution in [0.3, 0.4) is 0 Å². The van der Waals surface area contributed by atoms with Gasteiger partial charge in [0.15, 0.2) is 0 Å². The molecule has 5 heteroatoms. The maximum Gasteiger partial charge on any atom is 0.316 e. The van der Waals surface area contributed by atoms with E-state index in [0.717, 1.165) is 29.1 Å². The van der Waals surface area contributed by atoms with E-state index in [1.165, 1.54) is 0 Å². The number of rotatable bonds is 3. The zero-order chi connectivity index (χ0) is 11.8. The topological polar surface area (TPSA) is 44.2 Å². The minimum absolute atomic E-state index is 0.123. The van der Waals surface area contributed by atoms with Crippen molar-refractivity contribution in [3.8, 4) is 6.01 Å². The molecule has 2 heterocycles. The molecule has 1 aliphatic heterocycles. The standard InChI is InChI=1S/C11H15BrN2O2/c1-7-9(12)8(2)14-10(13-7)16-6-11(3)4-15-5-11/h4-6H2,1-3H3. The number of halogens is 1. The Balaban J connectivity index is 2.04. The van der Waals surface area contributed by atoms with Crippen molar-refractivity contribution in [3.63, 3.8) is 0 Å². The molecule has 1 fully saturated rings. The fourth-order valence-electron chi connectivity index (χ4n) is 1.51. The van der Waals surface area contributed by atoms with Crippen LogP contribution in [-0.2, 0) is 4.74 Å². The van der Waals surface area contributed by atoms with Crippen LogP contribution >= 0.6 is 15.9 Å². The summed E-state index contributed by atoms with van der Waals surface area (Å²) in [6, 6.07) is 0.450. The Hall–Kier alpha value is -0.680. The Kier molecular flexibility index (Phi) is 3.17. The normalized spacial score (nSPS) is 18.0. The summed E-state index contributed by atoms with van der Waals surface area (Å²) >= 11 is 3.43. The molecule has 2 rings (SSSR count). The number of ether oxygens (including phenoxy) is 2. The first-order valence-electron chi connectivity index (χ1n) is 5.21. The van der Waals surface area contributed by atoms with E-state index in [4.69, 9.17) is 9.47 Å². The van der Waals surface area contributed by atoms with Crippen LogP contribution in [-0.4, -0.2) is 29.8 Å². The average Bonchev–Trinajstić information content (AvgIpc) is 2.20. The van der Waals surface area contributed by atoms with Crippen molar-refractivity contribution in [3.05, 3.63) is 15.9 Å². The second-order valence-electron chi connectivity index (χ2n) is 4.58. The zero-order valence-electron chi connectivity index (χ0n) is 9.71. The molecule has 0 saturated carbocycles. The Labute approximate surface area is 104 Å². The highest BCUT2D eigenvalue weighted by atomic mass is 79.9. The van der Waals surface area contributed by atoms with Crippen LogP contribution in [0.1, 0.15) is 18.3 Å². The molecule has 0 atom stereocenters. The highest BCUT2D eigenvalue weighted by Gasteiger charge is 2.34. The van der Waals surface area contributed by atoms with Gasteiger partial charge in [-0.25, -0.2) is 0 Å². The molecule has 0 N–H and O–H groups in total. The number of aromatic nitrogens is 2. The SMILES string of the molecule is Cc1nc(OCC2(C)COC2)nc(C)c1Br. The average molecular weight is 287 g/mol. The third-order valence-corrected chi connectivity index (χ3v) is 3.76. The molecule has 0 amide bonds. The molecule has 1 saturated heterocycles. The predicted molar refractivity (Wildman–Crippen MR) is 63.6 cm³/mol. The molecule has 0 radical (unpaired) electrons. The van der Waals surface area contributed by atoms with Gasteiger partial charge in [0, 0.05) is 5.41 Å². The van der Waals surface area contributed by atoms with Crippen molar-refractivity contribution in [2.45, 2.75) is 20.8 Å². The minimum atomic E-state index is 0.123. The molecule has 0 aromatic carbocycles. The van der Waals surface area contributed by atoms with Gasteiger partial charge in [-0.3, -0.25) is 0 Å². The van der Waals surface area contributed by atoms with Crippen molar-refractivity contribution in [2.75, 3.05) is 19.8 Å². The van der Waals surface area contributed by atoms with Crippen molar-refractivity contribution >= 4 is 15.9 Å². The quantitative estimate of drug-likeness (QED) is 0.855. The Morgan fingerprint density at radius 3 is 2.31 bits per heavy atom. The lowest BCUT2D eigenvalue weighted by molar-refractivity contribution is -0.121. The smallest absolute Gasteiger partial charge is 0.316 e. The summed E-state index contributed by atoms with van der Waals surface area (Å²) in [6.45, 7) is 8.10. The van der Waals surface area contributed by atoms with Crippen LogP contribution in [0.25, 0.3) is 0 Å². The molecule has 0 unspecified atom stereocenters. The molecule has 1 aliphatic rings. The summed E-state index contributed by atoms with van der Waals surface area (Å²) in [6.07, 6.45) is 0. The molecule has 1 aromatic heterocycles. The summed E-state index contributed by atoms with van der Waals surface area (Å²) < 4.78 is 11.7. The lowest BCUT2D eigenvalue weighted by Gasteiger charge is -2.37. The van der Waals surface area contributed by atoms with Crippen molar-refractivity contribution in [1.29, 1.82) is 0 Å². The molecular formula is C11H15BrN2O2.